The van der Waals surface area contributed by atoms with Crippen molar-refractivity contribution in [2.45, 2.75) is 50.0 Å². The van der Waals surface area contributed by atoms with Crippen LogP contribution in [0, 0.1) is 6.92 Å². The zero-order valence-electron chi connectivity index (χ0n) is 20.1. The second-order valence-electron chi connectivity index (χ2n) is 9.18. The highest BCUT2D eigenvalue weighted by atomic mass is 32.2. The van der Waals surface area contributed by atoms with E-state index in [4.69, 9.17) is 4.74 Å². The first kappa shape index (κ1) is 24.7. The molecule has 2 aliphatic rings. The molecule has 0 saturated carbocycles. The molecule has 2 fully saturated rings. The number of benzene rings is 2. The van der Waals surface area contributed by atoms with Gasteiger partial charge in [-0.2, -0.15) is 4.31 Å². The van der Waals surface area contributed by atoms with Gasteiger partial charge in [0.05, 0.1) is 18.0 Å². The number of sulfonamides is 1. The molecule has 4 rings (SSSR count). The van der Waals surface area contributed by atoms with Crippen LogP contribution in [-0.4, -0.2) is 63.4 Å². The number of carbonyl (C=O) groups is 1. The van der Waals surface area contributed by atoms with Gasteiger partial charge in [-0.05, 0) is 81.1 Å². The number of hydrogen-bond donors (Lipinski definition) is 1. The van der Waals surface area contributed by atoms with Crippen LogP contribution in [-0.2, 0) is 10.0 Å². The van der Waals surface area contributed by atoms with Crippen LogP contribution in [0.2, 0.25) is 0 Å². The third-order valence-corrected chi connectivity index (χ3v) is 8.84. The molecule has 1 atom stereocenters. The highest BCUT2D eigenvalue weighted by Gasteiger charge is 2.28. The summed E-state index contributed by atoms with van der Waals surface area (Å²) in [4.78, 5) is 15.8. The minimum atomic E-state index is -3.58. The number of amides is 1. The predicted octanol–water partition coefficient (Wildman–Crippen LogP) is 3.75. The number of hydrogen-bond acceptors (Lipinski definition) is 5. The van der Waals surface area contributed by atoms with Gasteiger partial charge < -0.3 is 10.1 Å². The number of nitrogens with zero attached hydrogens (tertiary/aromatic N) is 2. The molecule has 0 aliphatic carbocycles. The van der Waals surface area contributed by atoms with Crippen molar-refractivity contribution >= 4 is 15.9 Å². The number of aryl methyl sites for hydroxylation is 1. The van der Waals surface area contributed by atoms with Crippen LogP contribution in [0.3, 0.4) is 0 Å². The van der Waals surface area contributed by atoms with Crippen molar-refractivity contribution in [1.29, 1.82) is 0 Å². The largest absolute Gasteiger partial charge is 0.497 e. The Morgan fingerprint density at radius 2 is 1.62 bits per heavy atom. The quantitative estimate of drug-likeness (QED) is 0.616. The van der Waals surface area contributed by atoms with E-state index in [9.17, 15) is 13.2 Å². The molecule has 2 heterocycles. The summed E-state index contributed by atoms with van der Waals surface area (Å²) in [7, 11) is -1.93. The van der Waals surface area contributed by atoms with Crippen LogP contribution in [0.15, 0.2) is 47.4 Å². The summed E-state index contributed by atoms with van der Waals surface area (Å²) in [6, 6.07) is 12.9. The molecular weight excluding hydrogens is 450 g/mol. The van der Waals surface area contributed by atoms with E-state index < -0.39 is 10.0 Å². The van der Waals surface area contributed by atoms with E-state index in [0.29, 0.717) is 25.2 Å². The topological polar surface area (TPSA) is 78.9 Å². The second-order valence-corrected chi connectivity index (χ2v) is 11.1. The number of nitrogens with one attached hydrogen (secondary N) is 1. The van der Waals surface area contributed by atoms with Gasteiger partial charge in [-0.3, -0.25) is 9.69 Å². The van der Waals surface area contributed by atoms with E-state index >= 15 is 0 Å². The van der Waals surface area contributed by atoms with Gasteiger partial charge in [-0.15, -0.1) is 0 Å². The zero-order chi connectivity index (χ0) is 24.1. The van der Waals surface area contributed by atoms with Gasteiger partial charge in [0, 0.05) is 25.2 Å². The first-order valence-corrected chi connectivity index (χ1v) is 13.6. The average Bonchev–Trinajstić information content (AvgIpc) is 3.41. The summed E-state index contributed by atoms with van der Waals surface area (Å²) in [5.74, 6) is 0.559. The molecule has 7 nitrogen and oxygen atoms in total. The molecule has 1 N–H and O–H groups in total. The molecule has 0 spiro atoms. The molecule has 2 aliphatic heterocycles. The normalized spacial score (nSPS) is 18.5. The van der Waals surface area contributed by atoms with E-state index in [2.05, 4.69) is 22.3 Å². The molecule has 2 saturated heterocycles. The lowest BCUT2D eigenvalue weighted by Crippen LogP contribution is -2.40. The Hall–Kier alpha value is -2.42. The Labute approximate surface area is 203 Å². The fourth-order valence-electron chi connectivity index (χ4n) is 4.88. The van der Waals surface area contributed by atoms with Crippen molar-refractivity contribution in [3.63, 3.8) is 0 Å². The lowest BCUT2D eigenvalue weighted by Gasteiger charge is -2.35. The summed E-state index contributed by atoms with van der Waals surface area (Å²) in [5, 5.41) is 3.09. The third kappa shape index (κ3) is 5.45. The smallest absolute Gasteiger partial charge is 0.251 e. The van der Waals surface area contributed by atoms with E-state index in [1.165, 1.54) is 16.8 Å². The summed E-state index contributed by atoms with van der Waals surface area (Å²) < 4.78 is 32.8. The first-order chi connectivity index (χ1) is 16.4. The number of likely N-dealkylation sites (tertiary alicyclic amines) is 1. The SMILES string of the molecule is COc1ccc(C(CNC(=O)c2cc(S(=O)(=O)N3CCCC3)ccc2C)N2CCCCC2)cc1. The fraction of sp³-hybridized carbons (Fsp3) is 0.500. The summed E-state index contributed by atoms with van der Waals surface area (Å²) in [6.07, 6.45) is 5.28. The molecule has 0 aromatic heterocycles. The van der Waals surface area contributed by atoms with Gasteiger partial charge in [0.15, 0.2) is 0 Å². The standard InChI is InChI=1S/C26H35N3O4S/c1-20-8-13-23(34(31,32)29-16-6-7-17-29)18-24(20)26(30)27-19-25(28-14-4-3-5-15-28)21-9-11-22(33-2)12-10-21/h8-13,18,25H,3-7,14-17,19H2,1-2H3,(H,27,30). The van der Waals surface area contributed by atoms with Crippen LogP contribution in [0.5, 0.6) is 5.75 Å². The lowest BCUT2D eigenvalue weighted by molar-refractivity contribution is 0.0923. The van der Waals surface area contributed by atoms with Crippen LogP contribution >= 0.6 is 0 Å². The number of piperidine rings is 1. The molecule has 0 radical (unpaired) electrons. The van der Waals surface area contributed by atoms with Gasteiger partial charge in [0.25, 0.3) is 5.91 Å². The maximum Gasteiger partial charge on any atom is 0.251 e. The molecule has 184 valence electrons. The number of carbonyl (C=O) groups excluding carboxylic acids is 1. The van der Waals surface area contributed by atoms with Crippen molar-refractivity contribution in [1.82, 2.24) is 14.5 Å². The lowest BCUT2D eigenvalue weighted by atomic mass is 10.0. The van der Waals surface area contributed by atoms with E-state index in [1.807, 2.05) is 19.1 Å². The summed E-state index contributed by atoms with van der Waals surface area (Å²) in [5.41, 5.74) is 2.30. The molecule has 1 unspecified atom stereocenters. The highest BCUT2D eigenvalue weighted by Crippen LogP contribution is 2.27. The molecule has 2 aromatic carbocycles. The first-order valence-electron chi connectivity index (χ1n) is 12.2. The predicted molar refractivity (Wildman–Crippen MR) is 133 cm³/mol. The minimum absolute atomic E-state index is 0.0481. The molecule has 2 aromatic rings. The Balaban J connectivity index is 1.53. The monoisotopic (exact) mass is 485 g/mol. The average molecular weight is 486 g/mol. The molecule has 0 bridgehead atoms. The molecule has 8 heteroatoms. The Morgan fingerprint density at radius 1 is 0.971 bits per heavy atom. The van der Waals surface area contributed by atoms with Crippen molar-refractivity contribution in [3.05, 3.63) is 59.2 Å². The van der Waals surface area contributed by atoms with Crippen LogP contribution in [0.25, 0.3) is 0 Å². The number of ether oxygens (including phenoxy) is 1. The van der Waals surface area contributed by atoms with E-state index in [1.54, 1.807) is 19.2 Å². The van der Waals surface area contributed by atoms with Gasteiger partial charge in [-0.25, -0.2) is 8.42 Å². The number of methoxy groups -OCH3 is 1. The summed E-state index contributed by atoms with van der Waals surface area (Å²) >= 11 is 0. The van der Waals surface area contributed by atoms with Gasteiger partial charge in [0.2, 0.25) is 10.0 Å². The second kappa shape index (κ2) is 10.9. The third-order valence-electron chi connectivity index (χ3n) is 6.94. The highest BCUT2D eigenvalue weighted by molar-refractivity contribution is 7.89. The van der Waals surface area contributed by atoms with Crippen molar-refractivity contribution < 1.29 is 17.9 Å². The molecule has 34 heavy (non-hydrogen) atoms. The number of rotatable bonds is 8. The fourth-order valence-corrected chi connectivity index (χ4v) is 6.43. The molecular formula is C26H35N3O4S. The van der Waals surface area contributed by atoms with Gasteiger partial charge >= 0.3 is 0 Å². The maximum atomic E-state index is 13.2. The van der Waals surface area contributed by atoms with Crippen LogP contribution < -0.4 is 10.1 Å². The maximum absolute atomic E-state index is 13.2. The van der Waals surface area contributed by atoms with Crippen molar-refractivity contribution in [2.75, 3.05) is 39.8 Å². The zero-order valence-corrected chi connectivity index (χ0v) is 20.9. The van der Waals surface area contributed by atoms with Gasteiger partial charge in [-0.1, -0.05) is 24.6 Å². The molecule has 1 amide bonds. The van der Waals surface area contributed by atoms with Crippen molar-refractivity contribution in [3.8, 4) is 5.75 Å². The Bertz CT molecular complexity index is 1090. The Morgan fingerprint density at radius 3 is 2.26 bits per heavy atom. The van der Waals surface area contributed by atoms with Gasteiger partial charge in [0.1, 0.15) is 5.75 Å². The van der Waals surface area contributed by atoms with E-state index in [-0.39, 0.29) is 16.8 Å². The van der Waals surface area contributed by atoms with Crippen molar-refractivity contribution in [2.24, 2.45) is 0 Å². The van der Waals surface area contributed by atoms with Crippen LogP contribution in [0.4, 0.5) is 0 Å². The minimum Gasteiger partial charge on any atom is -0.497 e. The van der Waals surface area contributed by atoms with E-state index in [0.717, 1.165) is 55.6 Å². The Kier molecular flexibility index (Phi) is 7.91. The van der Waals surface area contributed by atoms with Crippen LogP contribution in [0.1, 0.15) is 59.6 Å². The summed E-state index contributed by atoms with van der Waals surface area (Å²) in [6.45, 7) is 5.36.